The number of hydrogen-bond donors (Lipinski definition) is 1. The van der Waals surface area contributed by atoms with Gasteiger partial charge in [-0.25, -0.2) is 0 Å². The lowest BCUT2D eigenvalue weighted by Gasteiger charge is -2.11. The first-order valence-electron chi connectivity index (χ1n) is 5.58. The molecule has 2 N–H and O–H groups in total. The van der Waals surface area contributed by atoms with Crippen LogP contribution in [0, 0.1) is 6.92 Å². The van der Waals surface area contributed by atoms with E-state index >= 15 is 0 Å². The molecule has 0 saturated carbocycles. The van der Waals surface area contributed by atoms with Gasteiger partial charge in [0.15, 0.2) is 0 Å². The van der Waals surface area contributed by atoms with Gasteiger partial charge in [0, 0.05) is 10.7 Å². The van der Waals surface area contributed by atoms with E-state index in [4.69, 9.17) is 5.73 Å². The minimum atomic E-state index is -0.0502. The van der Waals surface area contributed by atoms with Gasteiger partial charge in [-0.15, -0.1) is 0 Å². The van der Waals surface area contributed by atoms with Gasteiger partial charge in [-0.2, -0.15) is 0 Å². The topological polar surface area (TPSA) is 38.9 Å². The van der Waals surface area contributed by atoms with Crippen LogP contribution in [-0.2, 0) is 6.42 Å². The second-order valence-corrected chi connectivity index (χ2v) is 5.11. The summed E-state index contributed by atoms with van der Waals surface area (Å²) >= 11 is 3.37. The first-order valence-corrected chi connectivity index (χ1v) is 6.37. The van der Waals surface area contributed by atoms with Crippen molar-refractivity contribution in [2.45, 2.75) is 19.4 Å². The van der Waals surface area contributed by atoms with Crippen LogP contribution in [-0.4, -0.2) is 4.98 Å². The van der Waals surface area contributed by atoms with E-state index in [2.05, 4.69) is 52.1 Å². The molecule has 2 nitrogen and oxygen atoms in total. The van der Waals surface area contributed by atoms with E-state index in [0.717, 1.165) is 16.6 Å². The number of rotatable bonds is 3. The van der Waals surface area contributed by atoms with E-state index in [9.17, 15) is 0 Å². The Morgan fingerprint density at radius 3 is 2.47 bits per heavy atom. The van der Waals surface area contributed by atoms with Crippen molar-refractivity contribution in [1.82, 2.24) is 4.98 Å². The molecule has 2 aromatic rings. The predicted octanol–water partition coefficient (Wildman–Crippen LogP) is 3.40. The molecule has 1 atom stereocenters. The van der Waals surface area contributed by atoms with E-state index in [0.29, 0.717) is 0 Å². The number of halogens is 1. The Kier molecular flexibility index (Phi) is 3.92. The monoisotopic (exact) mass is 290 g/mol. The van der Waals surface area contributed by atoms with Gasteiger partial charge in [0.1, 0.15) is 0 Å². The van der Waals surface area contributed by atoms with Crippen LogP contribution in [0.3, 0.4) is 0 Å². The first kappa shape index (κ1) is 12.3. The van der Waals surface area contributed by atoms with Crippen LogP contribution < -0.4 is 5.73 Å². The number of nitrogens with two attached hydrogens (primary N) is 1. The molecule has 0 saturated heterocycles. The van der Waals surface area contributed by atoms with Gasteiger partial charge in [-0.3, -0.25) is 4.98 Å². The summed E-state index contributed by atoms with van der Waals surface area (Å²) in [5.41, 5.74) is 9.57. The highest BCUT2D eigenvalue weighted by Crippen LogP contribution is 2.16. The molecule has 17 heavy (non-hydrogen) atoms. The first-order chi connectivity index (χ1) is 8.15. The second-order valence-electron chi connectivity index (χ2n) is 4.20. The zero-order chi connectivity index (χ0) is 12.3. The average molecular weight is 291 g/mol. The van der Waals surface area contributed by atoms with E-state index in [-0.39, 0.29) is 6.04 Å². The summed E-state index contributed by atoms with van der Waals surface area (Å²) in [5.74, 6) is 0. The van der Waals surface area contributed by atoms with Crippen LogP contribution in [0.2, 0.25) is 0 Å². The molecule has 0 aliphatic rings. The molecule has 0 spiro atoms. The fraction of sp³-hybridized carbons (Fsp3) is 0.214. The fourth-order valence-corrected chi connectivity index (χ4v) is 1.92. The van der Waals surface area contributed by atoms with Crippen LogP contribution in [0.5, 0.6) is 0 Å². The van der Waals surface area contributed by atoms with Crippen molar-refractivity contribution in [2.24, 2.45) is 5.73 Å². The zero-order valence-corrected chi connectivity index (χ0v) is 11.3. The molecule has 0 bridgehead atoms. The molecule has 3 heteroatoms. The van der Waals surface area contributed by atoms with Gasteiger partial charge in [0.25, 0.3) is 0 Å². The van der Waals surface area contributed by atoms with E-state index in [1.54, 1.807) is 6.20 Å². The van der Waals surface area contributed by atoms with Crippen LogP contribution in [0.1, 0.15) is 22.9 Å². The lowest BCUT2D eigenvalue weighted by molar-refractivity contribution is 0.696. The maximum absolute atomic E-state index is 6.14. The number of nitrogens with zero attached hydrogens (tertiary/aromatic N) is 1. The van der Waals surface area contributed by atoms with Crippen molar-refractivity contribution < 1.29 is 0 Å². The van der Waals surface area contributed by atoms with Crippen molar-refractivity contribution in [1.29, 1.82) is 0 Å². The van der Waals surface area contributed by atoms with Crippen molar-refractivity contribution in [3.05, 3.63) is 63.9 Å². The van der Waals surface area contributed by atoms with E-state index in [1.165, 1.54) is 11.1 Å². The lowest BCUT2D eigenvalue weighted by Crippen LogP contribution is -2.14. The van der Waals surface area contributed by atoms with E-state index in [1.807, 2.05) is 12.1 Å². The van der Waals surface area contributed by atoms with Crippen molar-refractivity contribution >= 4 is 15.9 Å². The smallest absolute Gasteiger partial charge is 0.0575 e. The molecule has 1 aromatic carbocycles. The van der Waals surface area contributed by atoms with Crippen molar-refractivity contribution in [3.8, 4) is 0 Å². The molecule has 0 radical (unpaired) electrons. The van der Waals surface area contributed by atoms with Gasteiger partial charge in [-0.05, 0) is 47.0 Å². The maximum Gasteiger partial charge on any atom is 0.0575 e. The molecule has 0 aliphatic heterocycles. The summed E-state index contributed by atoms with van der Waals surface area (Å²) in [4.78, 5) is 4.32. The highest BCUT2D eigenvalue weighted by Gasteiger charge is 2.08. The minimum Gasteiger partial charge on any atom is -0.322 e. The molecule has 0 fully saturated rings. The van der Waals surface area contributed by atoms with Crippen molar-refractivity contribution in [3.63, 3.8) is 0 Å². The third kappa shape index (κ3) is 3.38. The molecular weight excluding hydrogens is 276 g/mol. The van der Waals surface area contributed by atoms with Crippen LogP contribution in [0.4, 0.5) is 0 Å². The maximum atomic E-state index is 6.14. The normalized spacial score (nSPS) is 12.4. The van der Waals surface area contributed by atoms with Gasteiger partial charge < -0.3 is 5.73 Å². The SMILES string of the molecule is Cc1ccc(CC(N)c2ccc(Br)cn2)cc1. The highest BCUT2D eigenvalue weighted by atomic mass is 79.9. The Bertz CT molecular complexity index is 477. The van der Waals surface area contributed by atoms with Crippen LogP contribution in [0.15, 0.2) is 47.1 Å². The van der Waals surface area contributed by atoms with E-state index < -0.39 is 0 Å². The predicted molar refractivity (Wildman–Crippen MR) is 73.7 cm³/mol. The second kappa shape index (κ2) is 5.43. The van der Waals surface area contributed by atoms with Crippen LogP contribution >= 0.6 is 15.9 Å². The molecular formula is C14H15BrN2. The van der Waals surface area contributed by atoms with Gasteiger partial charge in [-0.1, -0.05) is 29.8 Å². The molecule has 0 aliphatic carbocycles. The highest BCUT2D eigenvalue weighted by molar-refractivity contribution is 9.10. The minimum absolute atomic E-state index is 0.0502. The van der Waals surface area contributed by atoms with Crippen molar-refractivity contribution in [2.75, 3.05) is 0 Å². The molecule has 0 amide bonds. The number of hydrogen-bond acceptors (Lipinski definition) is 2. The number of pyridine rings is 1. The van der Waals surface area contributed by atoms with Crippen LogP contribution in [0.25, 0.3) is 0 Å². The van der Waals surface area contributed by atoms with Gasteiger partial charge in [0.05, 0.1) is 11.7 Å². The molecule has 1 heterocycles. The summed E-state index contributed by atoms with van der Waals surface area (Å²) in [6.07, 6.45) is 2.60. The molecule has 2 rings (SSSR count). The lowest BCUT2D eigenvalue weighted by atomic mass is 10.0. The summed E-state index contributed by atoms with van der Waals surface area (Å²) in [6, 6.07) is 12.3. The Balaban J connectivity index is 2.08. The Morgan fingerprint density at radius 2 is 1.88 bits per heavy atom. The third-order valence-electron chi connectivity index (χ3n) is 2.71. The van der Waals surface area contributed by atoms with Gasteiger partial charge in [0.2, 0.25) is 0 Å². The summed E-state index contributed by atoms with van der Waals surface area (Å²) in [7, 11) is 0. The molecule has 1 unspecified atom stereocenters. The quantitative estimate of drug-likeness (QED) is 0.941. The fourth-order valence-electron chi connectivity index (χ4n) is 1.69. The summed E-state index contributed by atoms with van der Waals surface area (Å²) < 4.78 is 0.976. The average Bonchev–Trinajstić information content (AvgIpc) is 2.33. The summed E-state index contributed by atoms with van der Waals surface area (Å²) in [6.45, 7) is 2.08. The number of benzene rings is 1. The number of aryl methyl sites for hydroxylation is 1. The summed E-state index contributed by atoms with van der Waals surface area (Å²) in [5, 5.41) is 0. The zero-order valence-electron chi connectivity index (χ0n) is 9.73. The van der Waals surface area contributed by atoms with Gasteiger partial charge >= 0.3 is 0 Å². The Morgan fingerprint density at radius 1 is 1.18 bits per heavy atom. The molecule has 1 aromatic heterocycles. The largest absolute Gasteiger partial charge is 0.322 e. The molecule has 88 valence electrons. The Labute approximate surface area is 110 Å². The third-order valence-corrected chi connectivity index (χ3v) is 3.18. The number of aromatic nitrogens is 1. The standard InChI is InChI=1S/C14H15BrN2/c1-10-2-4-11(5-3-10)8-13(16)14-7-6-12(15)9-17-14/h2-7,9,13H,8,16H2,1H3. The Hall–Kier alpha value is -1.19.